The number of carbonyl (C=O) groups excluding carboxylic acids is 3. The van der Waals surface area contributed by atoms with Crippen LogP contribution in [0.3, 0.4) is 0 Å². The number of thiophene rings is 1. The number of nitrogens with zero attached hydrogens (tertiary/aromatic N) is 1. The van der Waals surface area contributed by atoms with Crippen LogP contribution in [0.5, 0.6) is 0 Å². The summed E-state index contributed by atoms with van der Waals surface area (Å²) in [5.74, 6) is -1.61. The molecule has 0 spiro atoms. The number of hydrogen-bond donors (Lipinski definition) is 0. The molecule has 3 aromatic rings. The predicted octanol–water partition coefficient (Wildman–Crippen LogP) is 4.74. The fraction of sp³-hybridized carbons (Fsp3) is 0.261. The van der Waals surface area contributed by atoms with E-state index in [1.165, 1.54) is 29.1 Å². The summed E-state index contributed by atoms with van der Waals surface area (Å²) in [7, 11) is 0. The van der Waals surface area contributed by atoms with Gasteiger partial charge in [0.15, 0.2) is 12.4 Å². The van der Waals surface area contributed by atoms with Crippen LogP contribution in [0.2, 0.25) is 0 Å². The smallest absolute Gasteiger partial charge is 0.306 e. The highest BCUT2D eigenvalue weighted by Gasteiger charge is 2.18. The van der Waals surface area contributed by atoms with Gasteiger partial charge in [0.25, 0.3) is 0 Å². The van der Waals surface area contributed by atoms with E-state index in [-0.39, 0.29) is 31.0 Å². The Morgan fingerprint density at radius 3 is 2.43 bits per heavy atom. The summed E-state index contributed by atoms with van der Waals surface area (Å²) in [6.45, 7) is 4.13. The van der Waals surface area contributed by atoms with Crippen LogP contribution in [0.4, 0.5) is 4.39 Å². The Bertz CT molecular complexity index is 1050. The Labute approximate surface area is 178 Å². The maximum absolute atomic E-state index is 12.9. The highest BCUT2D eigenvalue weighted by molar-refractivity contribution is 7.09. The molecule has 0 radical (unpaired) electrons. The molecule has 0 N–H and O–H groups in total. The van der Waals surface area contributed by atoms with Crippen molar-refractivity contribution < 1.29 is 23.5 Å². The minimum atomic E-state index is -0.619. The van der Waals surface area contributed by atoms with Gasteiger partial charge < -0.3 is 9.30 Å². The number of ether oxygens (including phenoxy) is 1. The molecule has 5 nitrogen and oxygen atoms in total. The van der Waals surface area contributed by atoms with E-state index in [1.807, 2.05) is 31.4 Å². The third-order valence-electron chi connectivity index (χ3n) is 4.85. The molecule has 0 atom stereocenters. The lowest BCUT2D eigenvalue weighted by atomic mass is 10.1. The van der Waals surface area contributed by atoms with Gasteiger partial charge in [0.2, 0.25) is 5.78 Å². The summed E-state index contributed by atoms with van der Waals surface area (Å²) in [5.41, 5.74) is 2.65. The van der Waals surface area contributed by atoms with Crippen LogP contribution in [0.1, 0.15) is 49.8 Å². The van der Waals surface area contributed by atoms with Crippen LogP contribution in [-0.2, 0) is 16.1 Å². The summed E-state index contributed by atoms with van der Waals surface area (Å²) < 4.78 is 20.0. The maximum atomic E-state index is 12.9. The molecule has 2 aromatic heterocycles. The fourth-order valence-corrected chi connectivity index (χ4v) is 3.87. The van der Waals surface area contributed by atoms with Crippen LogP contribution in [0.25, 0.3) is 0 Å². The standard InChI is InChI=1S/C23H22FNO4S/c1-15-12-20(16(2)25(15)13-19-4-3-11-30-19)22(27)14-29-23(28)10-9-21(26)17-5-7-18(24)8-6-17/h3-8,11-12H,9-10,13-14H2,1-2H3. The summed E-state index contributed by atoms with van der Waals surface area (Å²) in [4.78, 5) is 37.7. The van der Waals surface area contributed by atoms with Gasteiger partial charge in [0.1, 0.15) is 5.82 Å². The molecule has 0 amide bonds. The van der Waals surface area contributed by atoms with Gasteiger partial charge in [-0.3, -0.25) is 14.4 Å². The molecule has 2 heterocycles. The molecule has 0 aliphatic carbocycles. The third kappa shape index (κ3) is 5.30. The molecule has 0 saturated carbocycles. The monoisotopic (exact) mass is 427 g/mol. The number of aryl methyl sites for hydroxylation is 1. The van der Waals surface area contributed by atoms with Crippen LogP contribution in [0, 0.1) is 19.7 Å². The molecule has 3 rings (SSSR count). The lowest BCUT2D eigenvalue weighted by molar-refractivity contribution is -0.142. The zero-order valence-corrected chi connectivity index (χ0v) is 17.6. The molecule has 30 heavy (non-hydrogen) atoms. The van der Waals surface area contributed by atoms with E-state index in [0.717, 1.165) is 11.4 Å². The van der Waals surface area contributed by atoms with E-state index in [4.69, 9.17) is 4.74 Å². The Morgan fingerprint density at radius 2 is 1.77 bits per heavy atom. The van der Waals surface area contributed by atoms with Crippen LogP contribution in [-0.4, -0.2) is 28.7 Å². The lowest BCUT2D eigenvalue weighted by Crippen LogP contribution is -2.16. The number of benzene rings is 1. The van der Waals surface area contributed by atoms with E-state index in [9.17, 15) is 18.8 Å². The Hall–Kier alpha value is -3.06. The first-order valence-corrected chi connectivity index (χ1v) is 10.4. The van der Waals surface area contributed by atoms with Crippen molar-refractivity contribution in [2.75, 3.05) is 6.61 Å². The number of carbonyl (C=O) groups is 3. The molecule has 0 bridgehead atoms. The molecule has 0 unspecified atom stereocenters. The number of esters is 1. The third-order valence-corrected chi connectivity index (χ3v) is 5.72. The summed E-state index contributed by atoms with van der Waals surface area (Å²) in [6, 6.07) is 11.0. The molecule has 0 aliphatic rings. The molecule has 7 heteroatoms. The minimum absolute atomic E-state index is 0.0615. The minimum Gasteiger partial charge on any atom is -0.457 e. The van der Waals surface area contributed by atoms with Crippen LogP contribution >= 0.6 is 11.3 Å². The Morgan fingerprint density at radius 1 is 1.03 bits per heavy atom. The number of hydrogen-bond acceptors (Lipinski definition) is 5. The largest absolute Gasteiger partial charge is 0.457 e. The molecule has 156 valence electrons. The topological polar surface area (TPSA) is 65.4 Å². The van der Waals surface area contributed by atoms with Crippen molar-refractivity contribution in [2.45, 2.75) is 33.2 Å². The molecule has 0 aliphatic heterocycles. The van der Waals surface area contributed by atoms with E-state index < -0.39 is 11.8 Å². The highest BCUT2D eigenvalue weighted by Crippen LogP contribution is 2.20. The summed E-state index contributed by atoms with van der Waals surface area (Å²) in [5, 5.41) is 2.01. The van der Waals surface area contributed by atoms with Gasteiger partial charge >= 0.3 is 5.97 Å². The second kappa shape index (κ2) is 9.63. The number of Topliss-reactive ketones (excluding diaryl/α,β-unsaturated/α-hetero) is 2. The van der Waals surface area contributed by atoms with Crippen LogP contribution in [0.15, 0.2) is 47.8 Å². The van der Waals surface area contributed by atoms with Crippen molar-refractivity contribution >= 4 is 28.9 Å². The van der Waals surface area contributed by atoms with Gasteiger partial charge in [-0.2, -0.15) is 0 Å². The molecular weight excluding hydrogens is 405 g/mol. The molecular formula is C23H22FNO4S. The number of rotatable bonds is 9. The van der Waals surface area contributed by atoms with Gasteiger partial charge in [-0.1, -0.05) is 6.07 Å². The van der Waals surface area contributed by atoms with Gasteiger partial charge in [0, 0.05) is 33.8 Å². The second-order valence-corrected chi connectivity index (χ2v) is 8.00. The molecule has 0 saturated heterocycles. The zero-order valence-electron chi connectivity index (χ0n) is 16.8. The maximum Gasteiger partial charge on any atom is 0.306 e. The van der Waals surface area contributed by atoms with Crippen molar-refractivity contribution in [3.05, 3.63) is 81.1 Å². The summed E-state index contributed by atoms with van der Waals surface area (Å²) in [6.07, 6.45) is -0.200. The second-order valence-electron chi connectivity index (χ2n) is 6.96. The van der Waals surface area contributed by atoms with Crippen molar-refractivity contribution in [3.8, 4) is 0 Å². The van der Waals surface area contributed by atoms with Gasteiger partial charge in [0.05, 0.1) is 13.0 Å². The first-order valence-electron chi connectivity index (χ1n) is 9.52. The average Bonchev–Trinajstić information content (AvgIpc) is 3.34. The van der Waals surface area contributed by atoms with Crippen LogP contribution < -0.4 is 0 Å². The molecule has 1 aromatic carbocycles. The molecule has 0 fully saturated rings. The van der Waals surface area contributed by atoms with E-state index >= 15 is 0 Å². The zero-order chi connectivity index (χ0) is 21.7. The lowest BCUT2D eigenvalue weighted by Gasteiger charge is -2.08. The normalized spacial score (nSPS) is 10.8. The number of aromatic nitrogens is 1. The average molecular weight is 427 g/mol. The van der Waals surface area contributed by atoms with Crippen molar-refractivity contribution in [1.29, 1.82) is 0 Å². The van der Waals surface area contributed by atoms with Gasteiger partial charge in [-0.15, -0.1) is 11.3 Å². The van der Waals surface area contributed by atoms with E-state index in [2.05, 4.69) is 4.57 Å². The Balaban J connectivity index is 1.52. The quantitative estimate of drug-likeness (QED) is 0.365. The number of halogens is 1. The van der Waals surface area contributed by atoms with E-state index in [0.29, 0.717) is 17.7 Å². The van der Waals surface area contributed by atoms with Crippen molar-refractivity contribution in [3.63, 3.8) is 0 Å². The fourth-order valence-electron chi connectivity index (χ4n) is 3.18. The SMILES string of the molecule is Cc1cc(C(=O)COC(=O)CCC(=O)c2ccc(F)cc2)c(C)n1Cc1cccs1. The first kappa shape index (κ1) is 21.6. The van der Waals surface area contributed by atoms with Gasteiger partial charge in [-0.05, 0) is 55.6 Å². The summed E-state index contributed by atoms with van der Waals surface area (Å²) >= 11 is 1.65. The highest BCUT2D eigenvalue weighted by atomic mass is 32.1. The first-order chi connectivity index (χ1) is 14.3. The van der Waals surface area contributed by atoms with Crippen molar-refractivity contribution in [2.24, 2.45) is 0 Å². The van der Waals surface area contributed by atoms with Crippen molar-refractivity contribution in [1.82, 2.24) is 4.57 Å². The number of ketones is 2. The van der Waals surface area contributed by atoms with Gasteiger partial charge in [-0.25, -0.2) is 4.39 Å². The Kier molecular flexibility index (Phi) is 6.95. The predicted molar refractivity (Wildman–Crippen MR) is 113 cm³/mol. The van der Waals surface area contributed by atoms with E-state index in [1.54, 1.807) is 17.4 Å².